The Morgan fingerprint density at radius 2 is 2.22 bits per heavy atom. The molecule has 0 radical (unpaired) electrons. The van der Waals surface area contributed by atoms with Gasteiger partial charge in [0.15, 0.2) is 0 Å². The van der Waals surface area contributed by atoms with Gasteiger partial charge in [0.25, 0.3) is 0 Å². The van der Waals surface area contributed by atoms with E-state index in [0.29, 0.717) is 6.54 Å². The number of ether oxygens (including phenoxy) is 1. The number of nitrogens with one attached hydrogen (secondary N) is 1. The summed E-state index contributed by atoms with van der Waals surface area (Å²) in [5, 5.41) is 15.7. The third kappa shape index (κ3) is 2.78. The molecule has 0 spiro atoms. The van der Waals surface area contributed by atoms with Crippen LogP contribution in [0.25, 0.3) is 0 Å². The number of nitro groups is 1. The third-order valence-electron chi connectivity index (χ3n) is 2.41. The molecule has 0 saturated carbocycles. The molecule has 0 fully saturated rings. The molecule has 6 heteroatoms. The van der Waals surface area contributed by atoms with Gasteiger partial charge in [-0.3, -0.25) is 10.1 Å². The lowest BCUT2D eigenvalue weighted by Crippen LogP contribution is -2.00. The van der Waals surface area contributed by atoms with E-state index in [4.69, 9.17) is 4.74 Å². The summed E-state index contributed by atoms with van der Waals surface area (Å²) in [5.74, 6) is 0.752. The van der Waals surface area contributed by atoms with Crippen LogP contribution in [-0.2, 0) is 6.54 Å². The van der Waals surface area contributed by atoms with Gasteiger partial charge in [-0.25, -0.2) is 0 Å². The second-order valence-electron chi connectivity index (χ2n) is 3.60. The molecule has 0 bridgehead atoms. The van der Waals surface area contributed by atoms with Crippen LogP contribution in [0.2, 0.25) is 0 Å². The highest BCUT2D eigenvalue weighted by molar-refractivity contribution is 7.13. The molecule has 1 N–H and O–H groups in total. The van der Waals surface area contributed by atoms with Crippen LogP contribution in [0.3, 0.4) is 0 Å². The van der Waals surface area contributed by atoms with Crippen molar-refractivity contribution in [3.8, 4) is 5.75 Å². The molecule has 1 aromatic heterocycles. The predicted molar refractivity (Wildman–Crippen MR) is 71.3 cm³/mol. The zero-order valence-corrected chi connectivity index (χ0v) is 10.6. The van der Waals surface area contributed by atoms with Gasteiger partial charge in [0.2, 0.25) is 0 Å². The van der Waals surface area contributed by atoms with Crippen molar-refractivity contribution in [1.82, 2.24) is 0 Å². The Hall–Kier alpha value is -2.08. The Bertz CT molecular complexity index is 554. The number of nitrogens with zero attached hydrogens (tertiary/aromatic N) is 1. The molecule has 0 amide bonds. The van der Waals surface area contributed by atoms with Crippen LogP contribution in [0.1, 0.15) is 5.56 Å². The molecule has 94 valence electrons. The van der Waals surface area contributed by atoms with E-state index in [-0.39, 0.29) is 9.92 Å². The summed E-state index contributed by atoms with van der Waals surface area (Å²) >= 11 is 1.13. The van der Waals surface area contributed by atoms with Crippen LogP contribution in [0, 0.1) is 10.1 Å². The maximum Gasteiger partial charge on any atom is 0.324 e. The van der Waals surface area contributed by atoms with Crippen molar-refractivity contribution in [3.63, 3.8) is 0 Å². The van der Waals surface area contributed by atoms with Crippen LogP contribution in [0.4, 0.5) is 10.7 Å². The molecular formula is C12H12N2O3S. The molecule has 2 aromatic rings. The van der Waals surface area contributed by atoms with Crippen molar-refractivity contribution in [1.29, 1.82) is 0 Å². The quantitative estimate of drug-likeness (QED) is 0.665. The van der Waals surface area contributed by atoms with Crippen molar-refractivity contribution in [2.45, 2.75) is 6.54 Å². The molecule has 2 rings (SSSR count). The molecule has 0 atom stereocenters. The topological polar surface area (TPSA) is 64.4 Å². The smallest absolute Gasteiger partial charge is 0.324 e. The van der Waals surface area contributed by atoms with Crippen molar-refractivity contribution in [2.24, 2.45) is 0 Å². The first-order valence-corrected chi connectivity index (χ1v) is 6.17. The molecule has 0 unspecified atom stereocenters. The molecule has 1 aromatic carbocycles. The highest BCUT2D eigenvalue weighted by atomic mass is 32.1. The average molecular weight is 264 g/mol. The minimum atomic E-state index is -0.378. The van der Waals surface area contributed by atoms with Gasteiger partial charge in [-0.1, -0.05) is 23.5 Å². The molecule has 1 heterocycles. The number of methoxy groups -OCH3 is 1. The normalized spacial score (nSPS) is 10.1. The highest BCUT2D eigenvalue weighted by Crippen LogP contribution is 2.26. The molecule has 0 aliphatic carbocycles. The molecular weight excluding hydrogens is 252 g/mol. The monoisotopic (exact) mass is 264 g/mol. The maximum absolute atomic E-state index is 10.6. The fraction of sp³-hybridized carbons (Fsp3) is 0.167. The number of thiophene rings is 1. The Balaban J connectivity index is 2.04. The summed E-state index contributed by atoms with van der Waals surface area (Å²) in [4.78, 5) is 10.2. The lowest BCUT2D eigenvalue weighted by Gasteiger charge is -2.09. The van der Waals surface area contributed by atoms with Crippen molar-refractivity contribution < 1.29 is 9.66 Å². The summed E-state index contributed by atoms with van der Waals surface area (Å²) in [6, 6.07) is 9.13. The van der Waals surface area contributed by atoms with Gasteiger partial charge in [0, 0.05) is 18.0 Å². The lowest BCUT2D eigenvalue weighted by molar-refractivity contribution is -0.380. The first kappa shape index (κ1) is 12.4. The number of para-hydroxylation sites is 2. The first-order chi connectivity index (χ1) is 8.70. The van der Waals surface area contributed by atoms with Crippen LogP contribution >= 0.6 is 11.3 Å². The van der Waals surface area contributed by atoms with E-state index in [0.717, 1.165) is 28.3 Å². The lowest BCUT2D eigenvalue weighted by atomic mass is 10.2. The first-order valence-electron chi connectivity index (χ1n) is 5.29. The van der Waals surface area contributed by atoms with Crippen molar-refractivity contribution in [3.05, 3.63) is 51.4 Å². The second-order valence-corrected chi connectivity index (χ2v) is 4.49. The van der Waals surface area contributed by atoms with Gasteiger partial charge >= 0.3 is 5.00 Å². The number of hydrogen-bond donors (Lipinski definition) is 1. The Kier molecular flexibility index (Phi) is 3.78. The van der Waals surface area contributed by atoms with Gasteiger partial charge in [-0.15, -0.1) is 0 Å². The summed E-state index contributed by atoms with van der Waals surface area (Å²) in [6.45, 7) is 0.532. The van der Waals surface area contributed by atoms with E-state index in [2.05, 4.69) is 5.32 Å². The van der Waals surface area contributed by atoms with Gasteiger partial charge in [-0.05, 0) is 17.7 Å². The number of hydrogen-bond acceptors (Lipinski definition) is 5. The second kappa shape index (κ2) is 5.50. The Labute approximate surface area is 108 Å². The minimum absolute atomic E-state index is 0.159. The zero-order valence-electron chi connectivity index (χ0n) is 9.75. The molecule has 0 aliphatic rings. The van der Waals surface area contributed by atoms with E-state index in [1.54, 1.807) is 18.6 Å². The summed E-state index contributed by atoms with van der Waals surface area (Å²) in [7, 11) is 1.61. The molecule has 0 saturated heterocycles. The standard InChI is InChI=1S/C12H12N2O3S/c1-17-11-5-3-2-4-10(11)13-7-9-6-12(14(15)16)18-8-9/h2-6,8,13H,7H2,1H3. The highest BCUT2D eigenvalue weighted by Gasteiger charge is 2.09. The van der Waals surface area contributed by atoms with Crippen LogP contribution < -0.4 is 10.1 Å². The Morgan fingerprint density at radius 3 is 2.89 bits per heavy atom. The zero-order chi connectivity index (χ0) is 13.0. The van der Waals surface area contributed by atoms with E-state index in [1.165, 1.54) is 0 Å². The Morgan fingerprint density at radius 1 is 1.44 bits per heavy atom. The molecule has 18 heavy (non-hydrogen) atoms. The molecule has 5 nitrogen and oxygen atoms in total. The van der Waals surface area contributed by atoms with Crippen molar-refractivity contribution >= 4 is 22.0 Å². The van der Waals surface area contributed by atoms with Gasteiger partial charge in [0.05, 0.1) is 17.7 Å². The number of anilines is 1. The van der Waals surface area contributed by atoms with Crippen LogP contribution in [-0.4, -0.2) is 12.0 Å². The fourth-order valence-electron chi connectivity index (χ4n) is 1.54. The van der Waals surface area contributed by atoms with E-state index < -0.39 is 0 Å². The van der Waals surface area contributed by atoms with E-state index in [1.807, 2.05) is 24.3 Å². The minimum Gasteiger partial charge on any atom is -0.495 e. The predicted octanol–water partition coefficient (Wildman–Crippen LogP) is 3.28. The number of benzene rings is 1. The summed E-state index contributed by atoms with van der Waals surface area (Å²) in [5.41, 5.74) is 1.76. The van der Waals surface area contributed by atoms with E-state index in [9.17, 15) is 10.1 Å². The average Bonchev–Trinajstić information content (AvgIpc) is 2.85. The van der Waals surface area contributed by atoms with Crippen LogP contribution in [0.5, 0.6) is 5.75 Å². The summed E-state index contributed by atoms with van der Waals surface area (Å²) in [6.07, 6.45) is 0. The summed E-state index contributed by atoms with van der Waals surface area (Å²) < 4.78 is 5.21. The van der Waals surface area contributed by atoms with Gasteiger partial charge in [0.1, 0.15) is 5.75 Å². The van der Waals surface area contributed by atoms with Gasteiger partial charge < -0.3 is 10.1 Å². The van der Waals surface area contributed by atoms with Crippen LogP contribution in [0.15, 0.2) is 35.7 Å². The van der Waals surface area contributed by atoms with Crippen molar-refractivity contribution in [2.75, 3.05) is 12.4 Å². The fourth-order valence-corrected chi connectivity index (χ4v) is 2.27. The van der Waals surface area contributed by atoms with Gasteiger partial charge in [-0.2, -0.15) is 0 Å². The molecule has 0 aliphatic heterocycles. The number of rotatable bonds is 5. The van der Waals surface area contributed by atoms with E-state index >= 15 is 0 Å². The largest absolute Gasteiger partial charge is 0.495 e. The third-order valence-corrected chi connectivity index (χ3v) is 3.34. The maximum atomic E-state index is 10.6. The SMILES string of the molecule is COc1ccccc1NCc1csc([N+](=O)[O-])c1.